The van der Waals surface area contributed by atoms with Crippen LogP contribution in [0.1, 0.15) is 38.7 Å². The van der Waals surface area contributed by atoms with E-state index >= 15 is 0 Å². The summed E-state index contributed by atoms with van der Waals surface area (Å²) in [5.74, 6) is 0. The van der Waals surface area contributed by atoms with Gasteiger partial charge in [-0.1, -0.05) is 26.3 Å². The Bertz CT molecular complexity index is 537. The van der Waals surface area contributed by atoms with Crippen LogP contribution in [0, 0.1) is 0 Å². The second-order valence-electron chi connectivity index (χ2n) is 5.68. The van der Waals surface area contributed by atoms with E-state index in [2.05, 4.69) is 29.0 Å². The minimum Gasteiger partial charge on any atom is -0.310 e. The molecule has 1 fully saturated rings. The summed E-state index contributed by atoms with van der Waals surface area (Å²) in [7, 11) is -3.56. The minimum atomic E-state index is -3.56. The molecule has 1 aliphatic heterocycles. The Balaban J connectivity index is 1.99. The quantitative estimate of drug-likeness (QED) is 0.827. The zero-order chi connectivity index (χ0) is 15.3. The first-order valence-electron chi connectivity index (χ1n) is 7.43. The van der Waals surface area contributed by atoms with Crippen molar-refractivity contribution in [2.45, 2.75) is 50.7 Å². The van der Waals surface area contributed by atoms with E-state index in [0.717, 1.165) is 37.9 Å². The van der Waals surface area contributed by atoms with E-state index in [1.54, 1.807) is 23.3 Å². The van der Waals surface area contributed by atoms with Crippen LogP contribution < -0.4 is 10.1 Å². The normalized spacial score (nSPS) is 17.3. The summed E-state index contributed by atoms with van der Waals surface area (Å²) in [4.78, 5) is 6.69. The third kappa shape index (κ3) is 5.03. The molecule has 0 aliphatic carbocycles. The fourth-order valence-corrected chi connectivity index (χ4v) is 3.25. The zero-order valence-electron chi connectivity index (χ0n) is 12.7. The Morgan fingerprint density at radius 3 is 2.52 bits per heavy atom. The fraction of sp³-hybridized carbons (Fsp3) is 0.643. The van der Waals surface area contributed by atoms with Crippen LogP contribution in [-0.2, 0) is 16.6 Å². The van der Waals surface area contributed by atoms with Crippen LogP contribution in [0.5, 0.6) is 0 Å². The van der Waals surface area contributed by atoms with Crippen LogP contribution in [0.4, 0.5) is 0 Å². The lowest BCUT2D eigenvalue weighted by molar-refractivity contribution is 0.199. The topological polar surface area (TPSA) is 74.3 Å². The summed E-state index contributed by atoms with van der Waals surface area (Å²) in [5, 5.41) is 5.10. The van der Waals surface area contributed by atoms with Crippen molar-refractivity contribution in [2.75, 3.05) is 13.1 Å². The first-order valence-corrected chi connectivity index (χ1v) is 8.91. The molecule has 2 N–H and O–H groups in total. The molecule has 0 unspecified atom stereocenters. The molecule has 1 aromatic rings. The molecule has 1 aromatic heterocycles. The van der Waals surface area contributed by atoms with E-state index in [-0.39, 0.29) is 5.03 Å². The van der Waals surface area contributed by atoms with Crippen LogP contribution in [0.3, 0.4) is 0 Å². The molecule has 0 aromatic carbocycles. The number of hydrazine groups is 1. The molecule has 21 heavy (non-hydrogen) atoms. The van der Waals surface area contributed by atoms with E-state index in [1.807, 2.05) is 0 Å². The number of nitrogens with zero attached hydrogens (tertiary/aromatic N) is 2. The van der Waals surface area contributed by atoms with E-state index in [9.17, 15) is 8.42 Å². The van der Waals surface area contributed by atoms with Gasteiger partial charge in [0.15, 0.2) is 5.03 Å². The van der Waals surface area contributed by atoms with Gasteiger partial charge in [-0.05, 0) is 24.5 Å². The number of piperidine rings is 1. The minimum absolute atomic E-state index is 0.0707. The highest BCUT2D eigenvalue weighted by atomic mass is 32.2. The standard InChI is InChI=1S/C14H24N4O2S/c1-12(2)15-10-13-6-7-14(16-11-13)21(19,20)17-18-8-4-3-5-9-18/h6-7,11-12,15,17H,3-5,8-10H2,1-2H3. The monoisotopic (exact) mass is 312 g/mol. The predicted octanol–water partition coefficient (Wildman–Crippen LogP) is 1.26. The van der Waals surface area contributed by atoms with Gasteiger partial charge in [0, 0.05) is 31.9 Å². The van der Waals surface area contributed by atoms with Crippen LogP contribution in [0.2, 0.25) is 0 Å². The first kappa shape index (κ1) is 16.4. The molecule has 0 radical (unpaired) electrons. The van der Waals surface area contributed by atoms with Gasteiger partial charge in [0.25, 0.3) is 10.0 Å². The number of hydrogen-bond donors (Lipinski definition) is 2. The zero-order valence-corrected chi connectivity index (χ0v) is 13.5. The largest absolute Gasteiger partial charge is 0.310 e. The average Bonchev–Trinajstić information content (AvgIpc) is 2.46. The van der Waals surface area contributed by atoms with Gasteiger partial charge in [0.2, 0.25) is 0 Å². The number of hydrogen-bond acceptors (Lipinski definition) is 5. The molecule has 7 heteroatoms. The van der Waals surface area contributed by atoms with Gasteiger partial charge in [-0.3, -0.25) is 0 Å². The van der Waals surface area contributed by atoms with Gasteiger partial charge in [-0.15, -0.1) is 4.83 Å². The molecule has 0 amide bonds. The van der Waals surface area contributed by atoms with Gasteiger partial charge in [-0.25, -0.2) is 18.4 Å². The highest BCUT2D eigenvalue weighted by Crippen LogP contribution is 2.11. The number of aromatic nitrogens is 1. The van der Waals surface area contributed by atoms with Crippen LogP contribution >= 0.6 is 0 Å². The molecule has 0 bridgehead atoms. The molecular formula is C14H24N4O2S. The predicted molar refractivity (Wildman–Crippen MR) is 82.0 cm³/mol. The fourth-order valence-electron chi connectivity index (χ4n) is 2.20. The number of pyridine rings is 1. The Morgan fingerprint density at radius 2 is 1.95 bits per heavy atom. The molecule has 0 spiro atoms. The maximum Gasteiger partial charge on any atom is 0.270 e. The maximum atomic E-state index is 12.2. The molecule has 118 valence electrons. The maximum absolute atomic E-state index is 12.2. The summed E-state index contributed by atoms with van der Waals surface area (Å²) < 4.78 is 24.5. The Kier molecular flexibility index (Phi) is 5.69. The highest BCUT2D eigenvalue weighted by Gasteiger charge is 2.20. The third-order valence-electron chi connectivity index (χ3n) is 3.39. The Hall–Kier alpha value is -1.02. The van der Waals surface area contributed by atoms with Crippen molar-refractivity contribution >= 4 is 10.0 Å². The molecule has 0 saturated carbocycles. The van der Waals surface area contributed by atoms with Crippen molar-refractivity contribution in [3.63, 3.8) is 0 Å². The molecule has 1 saturated heterocycles. The average molecular weight is 312 g/mol. The SMILES string of the molecule is CC(C)NCc1ccc(S(=O)(=O)NN2CCCCC2)nc1. The molecule has 2 heterocycles. The number of nitrogens with one attached hydrogen (secondary N) is 2. The lowest BCUT2D eigenvalue weighted by Gasteiger charge is -2.26. The molecule has 0 atom stereocenters. The van der Waals surface area contributed by atoms with E-state index in [0.29, 0.717) is 12.6 Å². The van der Waals surface area contributed by atoms with E-state index < -0.39 is 10.0 Å². The van der Waals surface area contributed by atoms with Gasteiger partial charge in [0.1, 0.15) is 0 Å². The summed E-state index contributed by atoms with van der Waals surface area (Å²) in [5.41, 5.74) is 0.973. The van der Waals surface area contributed by atoms with E-state index in [4.69, 9.17) is 0 Å². The Labute approximate surface area is 127 Å². The first-order chi connectivity index (χ1) is 9.97. The number of sulfonamides is 1. The van der Waals surface area contributed by atoms with Gasteiger partial charge in [-0.2, -0.15) is 0 Å². The molecule has 2 rings (SSSR count). The van der Waals surface area contributed by atoms with Crippen molar-refractivity contribution in [1.82, 2.24) is 20.1 Å². The molecule has 1 aliphatic rings. The summed E-state index contributed by atoms with van der Waals surface area (Å²) >= 11 is 0. The highest BCUT2D eigenvalue weighted by molar-refractivity contribution is 7.89. The molecular weight excluding hydrogens is 288 g/mol. The lowest BCUT2D eigenvalue weighted by atomic mass is 10.2. The number of rotatable bonds is 6. The van der Waals surface area contributed by atoms with Crippen LogP contribution in [0.15, 0.2) is 23.4 Å². The third-order valence-corrected chi connectivity index (χ3v) is 4.68. The van der Waals surface area contributed by atoms with Crippen molar-refractivity contribution < 1.29 is 8.42 Å². The summed E-state index contributed by atoms with van der Waals surface area (Å²) in [6.45, 7) is 6.33. The smallest absolute Gasteiger partial charge is 0.270 e. The van der Waals surface area contributed by atoms with Crippen molar-refractivity contribution in [3.05, 3.63) is 23.9 Å². The van der Waals surface area contributed by atoms with Crippen molar-refractivity contribution in [2.24, 2.45) is 0 Å². The second-order valence-corrected chi connectivity index (χ2v) is 7.29. The van der Waals surface area contributed by atoms with Crippen molar-refractivity contribution in [3.8, 4) is 0 Å². The summed E-state index contributed by atoms with van der Waals surface area (Å²) in [6.07, 6.45) is 4.82. The summed E-state index contributed by atoms with van der Waals surface area (Å²) in [6, 6.07) is 3.74. The Morgan fingerprint density at radius 1 is 1.24 bits per heavy atom. The van der Waals surface area contributed by atoms with E-state index in [1.165, 1.54) is 0 Å². The molecule has 6 nitrogen and oxygen atoms in total. The van der Waals surface area contributed by atoms with Gasteiger partial charge >= 0.3 is 0 Å². The van der Waals surface area contributed by atoms with Crippen LogP contribution in [-0.4, -0.2) is 37.5 Å². The lowest BCUT2D eigenvalue weighted by Crippen LogP contribution is -2.45. The van der Waals surface area contributed by atoms with Crippen molar-refractivity contribution in [1.29, 1.82) is 0 Å². The van der Waals surface area contributed by atoms with Gasteiger partial charge in [0.05, 0.1) is 0 Å². The van der Waals surface area contributed by atoms with Gasteiger partial charge < -0.3 is 5.32 Å². The second kappa shape index (κ2) is 7.31. The van der Waals surface area contributed by atoms with Crippen LogP contribution in [0.25, 0.3) is 0 Å².